The van der Waals surface area contributed by atoms with Crippen LogP contribution in [0.4, 0.5) is 4.39 Å². The van der Waals surface area contributed by atoms with E-state index in [-0.39, 0.29) is 5.82 Å². The van der Waals surface area contributed by atoms with Crippen molar-refractivity contribution < 1.29 is 9.13 Å². The van der Waals surface area contributed by atoms with E-state index in [4.69, 9.17) is 4.74 Å². The van der Waals surface area contributed by atoms with Gasteiger partial charge in [0.1, 0.15) is 24.4 Å². The molecule has 6 heteroatoms. The van der Waals surface area contributed by atoms with Gasteiger partial charge in [-0.05, 0) is 17.7 Å². The summed E-state index contributed by atoms with van der Waals surface area (Å²) < 4.78 is 21.6. The topological polar surface area (TPSA) is 52.8 Å². The van der Waals surface area contributed by atoms with Gasteiger partial charge >= 0.3 is 0 Å². The minimum atomic E-state index is -0.372. The summed E-state index contributed by atoms with van der Waals surface area (Å²) >= 11 is 0. The zero-order chi connectivity index (χ0) is 17.8. The van der Waals surface area contributed by atoms with Gasteiger partial charge in [0.2, 0.25) is 5.88 Å². The third kappa shape index (κ3) is 3.30. The molecule has 2 aromatic carbocycles. The molecule has 0 radical (unpaired) electrons. The van der Waals surface area contributed by atoms with Gasteiger partial charge in [0.15, 0.2) is 0 Å². The SMILES string of the molecule is Fc1ccccc1-n1nc(OCc2ccccc2)cc1-c1cncnc1. The van der Waals surface area contributed by atoms with Crippen LogP contribution >= 0.6 is 0 Å². The third-order valence-electron chi connectivity index (χ3n) is 3.85. The van der Waals surface area contributed by atoms with Gasteiger partial charge in [0.05, 0.1) is 5.69 Å². The number of halogens is 1. The van der Waals surface area contributed by atoms with Gasteiger partial charge in [0.25, 0.3) is 0 Å². The molecule has 128 valence electrons. The number of nitrogens with zero attached hydrogens (tertiary/aromatic N) is 4. The van der Waals surface area contributed by atoms with Crippen molar-refractivity contribution in [1.29, 1.82) is 0 Å². The average Bonchev–Trinajstić information content (AvgIpc) is 3.12. The molecule has 0 atom stereocenters. The quantitative estimate of drug-likeness (QED) is 0.547. The minimum absolute atomic E-state index is 0.334. The maximum absolute atomic E-state index is 14.3. The minimum Gasteiger partial charge on any atom is -0.472 e. The first-order chi connectivity index (χ1) is 12.8. The molecule has 4 aromatic rings. The number of benzene rings is 2. The van der Waals surface area contributed by atoms with Gasteiger partial charge in [-0.25, -0.2) is 19.0 Å². The standard InChI is InChI=1S/C20H15FN4O/c21-17-8-4-5-9-18(17)25-19(16-11-22-14-23-12-16)10-20(24-25)26-13-15-6-2-1-3-7-15/h1-12,14H,13H2. The fraction of sp³-hybridized carbons (Fsp3) is 0.0500. The Bertz CT molecular complexity index is 1000. The lowest BCUT2D eigenvalue weighted by Crippen LogP contribution is -2.03. The third-order valence-corrected chi connectivity index (χ3v) is 3.85. The number of aromatic nitrogens is 4. The summed E-state index contributed by atoms with van der Waals surface area (Å²) in [4.78, 5) is 8.07. The molecular weight excluding hydrogens is 331 g/mol. The summed E-state index contributed by atoms with van der Waals surface area (Å²) in [5.41, 5.74) is 2.73. The summed E-state index contributed by atoms with van der Waals surface area (Å²) in [5, 5.41) is 4.43. The Kier molecular flexibility index (Phi) is 4.38. The molecule has 26 heavy (non-hydrogen) atoms. The van der Waals surface area contributed by atoms with E-state index in [1.54, 1.807) is 36.7 Å². The molecule has 5 nitrogen and oxygen atoms in total. The van der Waals surface area contributed by atoms with Crippen LogP contribution in [0.5, 0.6) is 5.88 Å². The second-order valence-electron chi connectivity index (χ2n) is 5.63. The van der Waals surface area contributed by atoms with Crippen molar-refractivity contribution in [2.75, 3.05) is 0 Å². The van der Waals surface area contributed by atoms with Crippen LogP contribution in [0.3, 0.4) is 0 Å². The zero-order valence-electron chi connectivity index (χ0n) is 13.8. The van der Waals surface area contributed by atoms with E-state index in [0.29, 0.717) is 23.9 Å². The van der Waals surface area contributed by atoms with Gasteiger partial charge in [-0.2, -0.15) is 0 Å². The molecule has 2 aromatic heterocycles. The van der Waals surface area contributed by atoms with Crippen molar-refractivity contribution in [3.63, 3.8) is 0 Å². The van der Waals surface area contributed by atoms with E-state index in [1.807, 2.05) is 30.3 Å². The number of hydrogen-bond acceptors (Lipinski definition) is 4. The smallest absolute Gasteiger partial charge is 0.234 e. The van der Waals surface area contributed by atoms with E-state index in [2.05, 4.69) is 15.1 Å². The maximum atomic E-state index is 14.3. The summed E-state index contributed by atoms with van der Waals surface area (Å²) in [5.74, 6) is 0.0271. The molecule has 0 amide bonds. The Labute approximate surface area is 149 Å². The Balaban J connectivity index is 1.72. The Morgan fingerprint density at radius 2 is 1.65 bits per heavy atom. The van der Waals surface area contributed by atoms with Crippen molar-refractivity contribution in [3.05, 3.63) is 90.8 Å². The van der Waals surface area contributed by atoms with Crippen molar-refractivity contribution in [2.45, 2.75) is 6.61 Å². The molecule has 0 aliphatic carbocycles. The zero-order valence-corrected chi connectivity index (χ0v) is 13.8. The van der Waals surface area contributed by atoms with Crippen LogP contribution in [-0.4, -0.2) is 19.7 Å². The first-order valence-corrected chi connectivity index (χ1v) is 8.08. The highest BCUT2D eigenvalue weighted by Gasteiger charge is 2.15. The lowest BCUT2D eigenvalue weighted by Gasteiger charge is -2.07. The summed E-state index contributed by atoms with van der Waals surface area (Å²) in [7, 11) is 0. The molecule has 0 aliphatic rings. The van der Waals surface area contributed by atoms with E-state index < -0.39 is 0 Å². The molecule has 4 rings (SSSR count). The van der Waals surface area contributed by atoms with Crippen LogP contribution in [0.25, 0.3) is 16.9 Å². The largest absolute Gasteiger partial charge is 0.472 e. The van der Waals surface area contributed by atoms with E-state index in [9.17, 15) is 4.39 Å². The fourth-order valence-electron chi connectivity index (χ4n) is 2.61. The highest BCUT2D eigenvalue weighted by Crippen LogP contribution is 2.27. The predicted octanol–water partition coefficient (Wildman–Crippen LogP) is 4.05. The number of hydrogen-bond donors (Lipinski definition) is 0. The van der Waals surface area contributed by atoms with Crippen LogP contribution in [-0.2, 0) is 6.61 Å². The highest BCUT2D eigenvalue weighted by molar-refractivity contribution is 5.61. The monoisotopic (exact) mass is 346 g/mol. The molecule has 0 N–H and O–H groups in total. The summed E-state index contributed by atoms with van der Waals surface area (Å²) in [6.45, 7) is 0.375. The van der Waals surface area contributed by atoms with Gasteiger partial charge in [-0.1, -0.05) is 42.5 Å². The highest BCUT2D eigenvalue weighted by atomic mass is 19.1. The van der Waals surface area contributed by atoms with Crippen LogP contribution < -0.4 is 4.74 Å². The van der Waals surface area contributed by atoms with Crippen LogP contribution in [0.1, 0.15) is 5.56 Å². The molecule has 0 saturated heterocycles. The molecule has 0 unspecified atom stereocenters. The first-order valence-electron chi connectivity index (χ1n) is 8.08. The predicted molar refractivity (Wildman–Crippen MR) is 95.3 cm³/mol. The number of para-hydroxylation sites is 1. The van der Waals surface area contributed by atoms with Gasteiger partial charge in [-0.15, -0.1) is 5.10 Å². The van der Waals surface area contributed by atoms with Crippen molar-refractivity contribution in [3.8, 4) is 22.8 Å². The molecule has 0 bridgehead atoms. The van der Waals surface area contributed by atoms with Gasteiger partial charge < -0.3 is 4.74 Å². The summed E-state index contributed by atoms with van der Waals surface area (Å²) in [6.07, 6.45) is 4.75. The average molecular weight is 346 g/mol. The van der Waals surface area contributed by atoms with Crippen molar-refractivity contribution in [2.24, 2.45) is 0 Å². The van der Waals surface area contributed by atoms with Crippen LogP contribution in [0, 0.1) is 5.82 Å². The van der Waals surface area contributed by atoms with Gasteiger partial charge in [-0.3, -0.25) is 0 Å². The van der Waals surface area contributed by atoms with E-state index in [0.717, 1.165) is 11.1 Å². The van der Waals surface area contributed by atoms with Crippen LogP contribution in [0.15, 0.2) is 79.4 Å². The lowest BCUT2D eigenvalue weighted by molar-refractivity contribution is 0.292. The molecular formula is C20H15FN4O. The molecule has 0 aliphatic heterocycles. The van der Waals surface area contributed by atoms with Crippen molar-refractivity contribution >= 4 is 0 Å². The van der Waals surface area contributed by atoms with Gasteiger partial charge in [0, 0.05) is 24.0 Å². The molecule has 2 heterocycles. The van der Waals surface area contributed by atoms with Crippen LogP contribution in [0.2, 0.25) is 0 Å². The Hall–Kier alpha value is -3.54. The van der Waals surface area contributed by atoms with E-state index >= 15 is 0 Å². The molecule has 0 saturated carbocycles. The Morgan fingerprint density at radius 3 is 2.42 bits per heavy atom. The second kappa shape index (κ2) is 7.14. The normalized spacial score (nSPS) is 10.7. The molecule has 0 spiro atoms. The number of rotatable bonds is 5. The Morgan fingerprint density at radius 1 is 0.923 bits per heavy atom. The lowest BCUT2D eigenvalue weighted by atomic mass is 10.2. The summed E-state index contributed by atoms with van der Waals surface area (Å²) in [6, 6.07) is 18.0. The second-order valence-corrected chi connectivity index (χ2v) is 5.63. The number of ether oxygens (including phenoxy) is 1. The first kappa shape index (κ1) is 16.0. The van der Waals surface area contributed by atoms with E-state index in [1.165, 1.54) is 17.1 Å². The van der Waals surface area contributed by atoms with Crippen molar-refractivity contribution in [1.82, 2.24) is 19.7 Å². The fourth-order valence-corrected chi connectivity index (χ4v) is 2.61. The molecule has 0 fully saturated rings. The maximum Gasteiger partial charge on any atom is 0.234 e.